The molecule has 0 fully saturated rings. The Morgan fingerprint density at radius 3 is 2.76 bits per heavy atom. The molecule has 1 N–H and O–H groups in total. The summed E-state index contributed by atoms with van der Waals surface area (Å²) in [5.74, 6) is 2.56. The molecule has 0 aliphatic carbocycles. The minimum atomic E-state index is -0.149. The van der Waals surface area contributed by atoms with Crippen LogP contribution in [-0.4, -0.2) is 43.5 Å². The van der Waals surface area contributed by atoms with Gasteiger partial charge in [0.1, 0.15) is 6.61 Å². The first-order valence-corrected chi connectivity index (χ1v) is 9.97. The molecule has 1 aromatic heterocycles. The lowest BCUT2D eigenvalue weighted by Crippen LogP contribution is -2.26. The number of carbonyl (C=O) groups is 1. The van der Waals surface area contributed by atoms with Crippen LogP contribution in [-0.2, 0) is 22.4 Å². The highest BCUT2D eigenvalue weighted by Gasteiger charge is 2.14. The van der Waals surface area contributed by atoms with Crippen LogP contribution in [0.3, 0.4) is 0 Å². The zero-order chi connectivity index (χ0) is 21.1. The van der Waals surface area contributed by atoms with E-state index in [1.54, 1.807) is 14.2 Å². The molecular formula is C21H31N3O5. The Morgan fingerprint density at radius 1 is 1.21 bits per heavy atom. The number of nitrogens with one attached hydrogen (secondary N) is 1. The van der Waals surface area contributed by atoms with Gasteiger partial charge < -0.3 is 24.1 Å². The van der Waals surface area contributed by atoms with Crippen LogP contribution >= 0.6 is 0 Å². The Balaban J connectivity index is 1.81. The summed E-state index contributed by atoms with van der Waals surface area (Å²) in [4.78, 5) is 16.6. The standard InChI is InChI=1S/C21H31N3O5/c1-5-7-19-23-21(29-24-19)9-6-8-20(25)22-15(2)16-10-11-17(18(14-16)27-4)28-13-12-26-3/h10-11,14-15H,5-9,12-13H2,1-4H3,(H,22,25). The van der Waals surface area contributed by atoms with Gasteiger partial charge in [-0.25, -0.2) is 0 Å². The first-order valence-electron chi connectivity index (χ1n) is 9.97. The maximum absolute atomic E-state index is 12.3. The average Bonchev–Trinajstić information content (AvgIpc) is 3.16. The molecule has 0 aliphatic heterocycles. The van der Waals surface area contributed by atoms with Gasteiger partial charge in [-0.15, -0.1) is 0 Å². The molecule has 1 heterocycles. The highest BCUT2D eigenvalue weighted by atomic mass is 16.5. The van der Waals surface area contributed by atoms with Crippen molar-refractivity contribution in [3.8, 4) is 11.5 Å². The van der Waals surface area contributed by atoms with E-state index in [0.717, 1.165) is 24.2 Å². The zero-order valence-corrected chi connectivity index (χ0v) is 17.7. The predicted molar refractivity (Wildman–Crippen MR) is 108 cm³/mol. The van der Waals surface area contributed by atoms with E-state index in [9.17, 15) is 4.79 Å². The van der Waals surface area contributed by atoms with Gasteiger partial charge >= 0.3 is 0 Å². The molecule has 0 aliphatic rings. The lowest BCUT2D eigenvalue weighted by Gasteiger charge is -2.17. The maximum atomic E-state index is 12.3. The molecule has 8 heteroatoms. The number of aryl methyl sites for hydroxylation is 2. The highest BCUT2D eigenvalue weighted by Crippen LogP contribution is 2.30. The van der Waals surface area contributed by atoms with Crippen molar-refractivity contribution in [2.45, 2.75) is 52.0 Å². The van der Waals surface area contributed by atoms with Crippen LogP contribution in [0.4, 0.5) is 0 Å². The van der Waals surface area contributed by atoms with E-state index >= 15 is 0 Å². The molecule has 1 amide bonds. The van der Waals surface area contributed by atoms with Crippen molar-refractivity contribution in [3.63, 3.8) is 0 Å². The van der Waals surface area contributed by atoms with Gasteiger partial charge in [0.15, 0.2) is 17.3 Å². The van der Waals surface area contributed by atoms with Crippen LogP contribution in [0.1, 0.15) is 56.4 Å². The Bertz CT molecular complexity index is 763. The summed E-state index contributed by atoms with van der Waals surface area (Å²) in [6.45, 7) is 4.95. The third-order valence-corrected chi connectivity index (χ3v) is 4.39. The SMILES string of the molecule is CCCc1noc(CCCC(=O)NC(C)c2ccc(OCCOC)c(OC)c2)n1. The van der Waals surface area contributed by atoms with E-state index in [1.165, 1.54) is 0 Å². The molecule has 0 radical (unpaired) electrons. The number of aromatic nitrogens is 2. The van der Waals surface area contributed by atoms with E-state index in [4.69, 9.17) is 18.7 Å². The second-order valence-electron chi connectivity index (χ2n) is 6.75. The molecule has 2 aromatic rings. The Morgan fingerprint density at radius 2 is 2.03 bits per heavy atom. The van der Waals surface area contributed by atoms with Crippen LogP contribution in [0.25, 0.3) is 0 Å². The van der Waals surface area contributed by atoms with Crippen molar-refractivity contribution in [3.05, 3.63) is 35.5 Å². The van der Waals surface area contributed by atoms with E-state index < -0.39 is 0 Å². The van der Waals surface area contributed by atoms with Crippen molar-refractivity contribution in [2.75, 3.05) is 27.4 Å². The van der Waals surface area contributed by atoms with Crippen LogP contribution in [0.15, 0.2) is 22.7 Å². The van der Waals surface area contributed by atoms with Crippen molar-refractivity contribution in [1.29, 1.82) is 0 Å². The van der Waals surface area contributed by atoms with Gasteiger partial charge in [-0.3, -0.25) is 4.79 Å². The summed E-state index contributed by atoms with van der Waals surface area (Å²) >= 11 is 0. The molecule has 8 nitrogen and oxygen atoms in total. The molecule has 0 saturated heterocycles. The first kappa shape index (κ1) is 22.7. The molecule has 1 aromatic carbocycles. The van der Waals surface area contributed by atoms with E-state index in [-0.39, 0.29) is 11.9 Å². The third-order valence-electron chi connectivity index (χ3n) is 4.39. The monoisotopic (exact) mass is 405 g/mol. The number of carbonyl (C=O) groups excluding carboxylic acids is 1. The van der Waals surface area contributed by atoms with Gasteiger partial charge in [-0.2, -0.15) is 4.98 Å². The van der Waals surface area contributed by atoms with Crippen molar-refractivity contribution in [1.82, 2.24) is 15.5 Å². The Kier molecular flexibility index (Phi) is 9.43. The summed E-state index contributed by atoms with van der Waals surface area (Å²) in [6.07, 6.45) is 3.43. The third kappa shape index (κ3) is 7.38. The second-order valence-corrected chi connectivity index (χ2v) is 6.75. The lowest BCUT2D eigenvalue weighted by atomic mass is 10.1. The zero-order valence-electron chi connectivity index (χ0n) is 17.7. The normalized spacial score (nSPS) is 11.9. The van der Waals surface area contributed by atoms with Gasteiger partial charge in [0.2, 0.25) is 11.8 Å². The van der Waals surface area contributed by atoms with E-state index in [0.29, 0.717) is 49.9 Å². The molecule has 29 heavy (non-hydrogen) atoms. The molecule has 0 spiro atoms. The summed E-state index contributed by atoms with van der Waals surface area (Å²) in [5, 5.41) is 6.93. The molecule has 160 valence electrons. The topological polar surface area (TPSA) is 95.7 Å². The van der Waals surface area contributed by atoms with Gasteiger partial charge in [-0.05, 0) is 37.5 Å². The van der Waals surface area contributed by atoms with Gasteiger partial charge in [0.05, 0.1) is 19.8 Å². The van der Waals surface area contributed by atoms with Gasteiger partial charge in [0, 0.05) is 26.4 Å². The Labute approximate surface area is 171 Å². The summed E-state index contributed by atoms with van der Waals surface area (Å²) in [7, 11) is 3.22. The van der Waals surface area contributed by atoms with Gasteiger partial charge in [0.25, 0.3) is 0 Å². The van der Waals surface area contributed by atoms with E-state index in [1.807, 2.05) is 25.1 Å². The lowest BCUT2D eigenvalue weighted by molar-refractivity contribution is -0.121. The van der Waals surface area contributed by atoms with Crippen LogP contribution in [0.5, 0.6) is 11.5 Å². The number of amides is 1. The quantitative estimate of drug-likeness (QED) is 0.511. The smallest absolute Gasteiger partial charge is 0.226 e. The van der Waals surface area contributed by atoms with Crippen LogP contribution in [0.2, 0.25) is 0 Å². The number of ether oxygens (including phenoxy) is 3. The maximum Gasteiger partial charge on any atom is 0.226 e. The number of benzene rings is 1. The molecule has 1 atom stereocenters. The molecule has 1 unspecified atom stereocenters. The number of methoxy groups -OCH3 is 2. The first-order chi connectivity index (χ1) is 14.1. The number of hydrogen-bond acceptors (Lipinski definition) is 7. The fraction of sp³-hybridized carbons (Fsp3) is 0.571. The van der Waals surface area contributed by atoms with Crippen molar-refractivity contribution >= 4 is 5.91 Å². The van der Waals surface area contributed by atoms with Crippen molar-refractivity contribution < 1.29 is 23.5 Å². The summed E-state index contributed by atoms with van der Waals surface area (Å²) in [5.41, 5.74) is 0.940. The van der Waals surface area contributed by atoms with Crippen LogP contribution in [0, 0.1) is 0 Å². The fourth-order valence-electron chi connectivity index (χ4n) is 2.82. The van der Waals surface area contributed by atoms with Gasteiger partial charge in [-0.1, -0.05) is 18.1 Å². The van der Waals surface area contributed by atoms with Crippen LogP contribution < -0.4 is 14.8 Å². The highest BCUT2D eigenvalue weighted by molar-refractivity contribution is 5.76. The minimum absolute atomic E-state index is 0.0230. The summed E-state index contributed by atoms with van der Waals surface area (Å²) in [6, 6.07) is 5.49. The Hall–Kier alpha value is -2.61. The molecule has 0 saturated carbocycles. The number of rotatable bonds is 13. The fourth-order valence-corrected chi connectivity index (χ4v) is 2.82. The number of hydrogen-bond donors (Lipinski definition) is 1. The average molecular weight is 405 g/mol. The minimum Gasteiger partial charge on any atom is -0.493 e. The molecular weight excluding hydrogens is 374 g/mol. The largest absolute Gasteiger partial charge is 0.493 e. The molecule has 2 rings (SSSR count). The second kappa shape index (κ2) is 12.1. The molecule has 0 bridgehead atoms. The van der Waals surface area contributed by atoms with Crippen molar-refractivity contribution in [2.24, 2.45) is 0 Å². The summed E-state index contributed by atoms with van der Waals surface area (Å²) < 4.78 is 21.2. The number of nitrogens with zero attached hydrogens (tertiary/aromatic N) is 2. The predicted octanol–water partition coefficient (Wildman–Crippen LogP) is 3.26. The van der Waals surface area contributed by atoms with E-state index in [2.05, 4.69) is 22.4 Å².